The Morgan fingerprint density at radius 3 is 2.79 bits per heavy atom. The number of piperidine rings is 1. The third-order valence-electron chi connectivity index (χ3n) is 4.69. The van der Waals surface area contributed by atoms with Gasteiger partial charge in [0.25, 0.3) is 5.69 Å². The highest BCUT2D eigenvalue weighted by Crippen LogP contribution is 2.32. The first-order chi connectivity index (χ1) is 14.1. The zero-order valence-electron chi connectivity index (χ0n) is 15.6. The number of non-ortho nitro benzene ring substituents is 1. The Kier molecular flexibility index (Phi) is 5.53. The summed E-state index contributed by atoms with van der Waals surface area (Å²) < 4.78 is 6.35. The van der Waals surface area contributed by atoms with Gasteiger partial charge in [0.15, 0.2) is 5.13 Å². The molecule has 3 aromatic rings. The first-order valence-corrected chi connectivity index (χ1v) is 10.2. The molecule has 0 radical (unpaired) electrons. The lowest BCUT2D eigenvalue weighted by molar-refractivity contribution is -0.384. The number of hydrogen-bond acceptors (Lipinski definition) is 7. The molecule has 148 valence electrons. The maximum atomic E-state index is 12.1. The molecule has 0 saturated carbocycles. The lowest BCUT2D eigenvalue weighted by Crippen LogP contribution is -2.29. The minimum Gasteiger partial charge on any atom is -0.423 e. The Hall–Kier alpha value is -3.26. The smallest absolute Gasteiger partial charge is 0.336 e. The normalized spacial score (nSPS) is 14.4. The van der Waals surface area contributed by atoms with E-state index in [0.717, 1.165) is 28.4 Å². The fourth-order valence-electron chi connectivity index (χ4n) is 3.23. The van der Waals surface area contributed by atoms with Crippen LogP contribution in [0.1, 0.15) is 24.8 Å². The van der Waals surface area contributed by atoms with Crippen LogP contribution in [0.2, 0.25) is 0 Å². The first-order valence-electron chi connectivity index (χ1n) is 9.38. The van der Waals surface area contributed by atoms with E-state index in [-0.39, 0.29) is 5.69 Å². The summed E-state index contributed by atoms with van der Waals surface area (Å²) in [6, 6.07) is 11.4. The highest BCUT2D eigenvalue weighted by atomic mass is 32.1. The van der Waals surface area contributed by atoms with E-state index in [2.05, 4.69) is 4.90 Å². The number of nitro groups is 1. The van der Waals surface area contributed by atoms with Crippen molar-refractivity contribution in [1.29, 1.82) is 0 Å². The number of thiazole rings is 1. The van der Waals surface area contributed by atoms with Crippen LogP contribution < -0.4 is 9.64 Å². The number of anilines is 1. The van der Waals surface area contributed by atoms with Crippen LogP contribution in [0.15, 0.2) is 48.5 Å². The molecule has 0 atom stereocenters. The van der Waals surface area contributed by atoms with Gasteiger partial charge in [-0.05, 0) is 43.0 Å². The molecule has 1 saturated heterocycles. The quantitative estimate of drug-likeness (QED) is 0.198. The van der Waals surface area contributed by atoms with Crippen molar-refractivity contribution >= 4 is 44.4 Å². The second-order valence-electron chi connectivity index (χ2n) is 6.78. The van der Waals surface area contributed by atoms with E-state index in [9.17, 15) is 14.9 Å². The lowest BCUT2D eigenvalue weighted by Gasteiger charge is -2.25. The maximum absolute atomic E-state index is 12.1. The highest BCUT2D eigenvalue weighted by molar-refractivity contribution is 7.22. The number of fused-ring (bicyclic) bond motifs is 1. The van der Waals surface area contributed by atoms with E-state index in [1.54, 1.807) is 29.5 Å². The molecular formula is C21H19N3O4S. The van der Waals surface area contributed by atoms with E-state index in [0.29, 0.717) is 11.3 Å². The number of hydrogen-bond donors (Lipinski definition) is 0. The number of nitrogens with zero attached hydrogens (tertiary/aromatic N) is 3. The lowest BCUT2D eigenvalue weighted by atomic mass is 10.1. The van der Waals surface area contributed by atoms with Gasteiger partial charge < -0.3 is 9.64 Å². The van der Waals surface area contributed by atoms with Crippen LogP contribution in [0.25, 0.3) is 16.3 Å². The summed E-state index contributed by atoms with van der Waals surface area (Å²) in [4.78, 5) is 29.5. The Morgan fingerprint density at radius 2 is 2.00 bits per heavy atom. The van der Waals surface area contributed by atoms with Crippen molar-refractivity contribution in [3.05, 3.63) is 64.2 Å². The molecular weight excluding hydrogens is 390 g/mol. The zero-order valence-corrected chi connectivity index (χ0v) is 16.4. The summed E-state index contributed by atoms with van der Waals surface area (Å²) in [5.74, 6) is -0.100. The molecule has 4 rings (SSSR count). The van der Waals surface area contributed by atoms with Gasteiger partial charge in [-0.3, -0.25) is 10.1 Å². The average molecular weight is 409 g/mol. The van der Waals surface area contributed by atoms with Crippen molar-refractivity contribution in [2.75, 3.05) is 18.0 Å². The van der Waals surface area contributed by atoms with Crippen LogP contribution in [-0.4, -0.2) is 29.0 Å². The molecule has 0 bridgehead atoms. The van der Waals surface area contributed by atoms with Gasteiger partial charge in [-0.15, -0.1) is 0 Å². The summed E-state index contributed by atoms with van der Waals surface area (Å²) in [6.45, 7) is 2.06. The van der Waals surface area contributed by atoms with Crippen LogP contribution in [0, 0.1) is 10.1 Å². The number of nitro benzene ring substituents is 1. The van der Waals surface area contributed by atoms with Crippen molar-refractivity contribution in [3.8, 4) is 5.75 Å². The molecule has 0 N–H and O–H groups in total. The van der Waals surface area contributed by atoms with Gasteiger partial charge in [0, 0.05) is 37.4 Å². The second kappa shape index (κ2) is 8.40. The van der Waals surface area contributed by atoms with Crippen LogP contribution in [0.3, 0.4) is 0 Å². The van der Waals surface area contributed by atoms with Crippen molar-refractivity contribution in [3.63, 3.8) is 0 Å². The summed E-state index contributed by atoms with van der Waals surface area (Å²) >= 11 is 1.60. The largest absolute Gasteiger partial charge is 0.423 e. The van der Waals surface area contributed by atoms with Gasteiger partial charge in [0.2, 0.25) is 0 Å². The van der Waals surface area contributed by atoms with Crippen LogP contribution in [0.5, 0.6) is 5.75 Å². The zero-order chi connectivity index (χ0) is 20.2. The van der Waals surface area contributed by atoms with E-state index < -0.39 is 10.9 Å². The molecule has 2 aromatic carbocycles. The topological polar surface area (TPSA) is 85.6 Å². The van der Waals surface area contributed by atoms with Gasteiger partial charge in [0.05, 0.1) is 15.1 Å². The van der Waals surface area contributed by atoms with Crippen molar-refractivity contribution < 1.29 is 14.5 Å². The molecule has 0 unspecified atom stereocenters. The molecule has 0 spiro atoms. The van der Waals surface area contributed by atoms with Gasteiger partial charge in [-0.1, -0.05) is 23.5 Å². The third-order valence-corrected chi connectivity index (χ3v) is 5.77. The average Bonchev–Trinajstić information content (AvgIpc) is 3.16. The van der Waals surface area contributed by atoms with E-state index >= 15 is 0 Å². The summed E-state index contributed by atoms with van der Waals surface area (Å²) in [5.41, 5.74) is 1.42. The van der Waals surface area contributed by atoms with Gasteiger partial charge >= 0.3 is 5.97 Å². The Labute approximate surface area is 171 Å². The number of benzene rings is 2. The second-order valence-corrected chi connectivity index (χ2v) is 7.79. The van der Waals surface area contributed by atoms with E-state index in [4.69, 9.17) is 9.72 Å². The predicted octanol–water partition coefficient (Wildman–Crippen LogP) is 4.81. The van der Waals surface area contributed by atoms with Crippen LogP contribution in [-0.2, 0) is 4.79 Å². The standard InChI is InChI=1S/C21H19N3O4S/c25-20(10-7-15-5-4-6-16(13-15)24(26)27)28-17-8-9-18-19(14-17)29-21(22-18)23-11-2-1-3-12-23/h4-10,13-14H,1-3,11-12H2/b10-7+. The first kappa shape index (κ1) is 19.1. The summed E-state index contributed by atoms with van der Waals surface area (Å²) in [5, 5.41) is 11.8. The highest BCUT2D eigenvalue weighted by Gasteiger charge is 2.15. The molecule has 0 amide bonds. The number of aromatic nitrogens is 1. The molecule has 1 fully saturated rings. The fourth-order valence-corrected chi connectivity index (χ4v) is 4.28. The predicted molar refractivity (Wildman–Crippen MR) is 113 cm³/mol. The SMILES string of the molecule is O=C(/C=C/c1cccc([N+](=O)[O-])c1)Oc1ccc2nc(N3CCCCC3)sc2c1. The van der Waals surface area contributed by atoms with Gasteiger partial charge in [-0.25, -0.2) is 9.78 Å². The third kappa shape index (κ3) is 4.60. The molecule has 29 heavy (non-hydrogen) atoms. The van der Waals surface area contributed by atoms with Gasteiger partial charge in [-0.2, -0.15) is 0 Å². The molecule has 1 aromatic heterocycles. The number of esters is 1. The number of ether oxygens (including phenoxy) is 1. The van der Waals surface area contributed by atoms with E-state index in [1.165, 1.54) is 43.5 Å². The Bertz CT molecular complexity index is 1090. The van der Waals surface area contributed by atoms with Crippen molar-refractivity contribution in [2.45, 2.75) is 19.3 Å². The Balaban J connectivity index is 1.45. The number of carbonyl (C=O) groups excluding carboxylic acids is 1. The number of carbonyl (C=O) groups is 1. The minimum atomic E-state index is -0.545. The molecule has 2 heterocycles. The summed E-state index contributed by atoms with van der Waals surface area (Å²) in [6.07, 6.45) is 6.40. The van der Waals surface area contributed by atoms with E-state index in [1.807, 2.05) is 12.1 Å². The fraction of sp³-hybridized carbons (Fsp3) is 0.238. The monoisotopic (exact) mass is 409 g/mol. The number of rotatable bonds is 5. The van der Waals surface area contributed by atoms with Gasteiger partial charge in [0.1, 0.15) is 5.75 Å². The summed E-state index contributed by atoms with van der Waals surface area (Å²) in [7, 11) is 0. The Morgan fingerprint density at radius 1 is 1.17 bits per heavy atom. The van der Waals surface area contributed by atoms with Crippen molar-refractivity contribution in [1.82, 2.24) is 4.98 Å². The van der Waals surface area contributed by atoms with Crippen LogP contribution in [0.4, 0.5) is 10.8 Å². The van der Waals surface area contributed by atoms with Crippen LogP contribution >= 0.6 is 11.3 Å². The maximum Gasteiger partial charge on any atom is 0.336 e. The molecule has 8 heteroatoms. The molecule has 1 aliphatic heterocycles. The molecule has 7 nitrogen and oxygen atoms in total. The molecule has 1 aliphatic rings. The molecule has 0 aliphatic carbocycles. The van der Waals surface area contributed by atoms with Crippen molar-refractivity contribution in [2.24, 2.45) is 0 Å². The minimum absolute atomic E-state index is 0.0272.